The maximum absolute atomic E-state index is 13.0. The number of fused-ring (bicyclic) bond motifs is 1. The minimum atomic E-state index is -0.308. The lowest BCUT2D eigenvalue weighted by Gasteiger charge is -2.18. The van der Waals surface area contributed by atoms with Crippen molar-refractivity contribution < 1.29 is 9.53 Å². The van der Waals surface area contributed by atoms with Crippen LogP contribution in [0.4, 0.5) is 0 Å². The number of carbonyl (C=O) groups is 1. The third-order valence-electron chi connectivity index (χ3n) is 5.00. The Morgan fingerprint density at radius 3 is 2.78 bits per heavy atom. The molecule has 0 saturated heterocycles. The van der Waals surface area contributed by atoms with E-state index in [1.165, 1.54) is 12.0 Å². The molecule has 0 bridgehead atoms. The van der Waals surface area contributed by atoms with Gasteiger partial charge >= 0.3 is 0 Å². The zero-order chi connectivity index (χ0) is 22.7. The van der Waals surface area contributed by atoms with Crippen molar-refractivity contribution in [2.24, 2.45) is 0 Å². The summed E-state index contributed by atoms with van der Waals surface area (Å²) >= 11 is 0. The number of H-pyrrole nitrogens is 1. The molecule has 9 nitrogen and oxygen atoms in total. The van der Waals surface area contributed by atoms with Gasteiger partial charge in [0.15, 0.2) is 5.69 Å². The van der Waals surface area contributed by atoms with Crippen molar-refractivity contribution in [3.8, 4) is 29.1 Å². The van der Waals surface area contributed by atoms with E-state index in [1.54, 1.807) is 49.8 Å². The van der Waals surface area contributed by atoms with E-state index in [9.17, 15) is 10.1 Å². The highest BCUT2D eigenvalue weighted by Gasteiger charge is 2.19. The number of rotatable bonds is 5. The van der Waals surface area contributed by atoms with E-state index in [0.29, 0.717) is 22.0 Å². The number of ether oxygens (including phenoxy) is 1. The normalized spacial score (nSPS) is 10.4. The second kappa shape index (κ2) is 8.54. The van der Waals surface area contributed by atoms with E-state index in [2.05, 4.69) is 26.2 Å². The van der Waals surface area contributed by atoms with Gasteiger partial charge in [0.2, 0.25) is 5.88 Å². The Kier molecular flexibility index (Phi) is 5.47. The Morgan fingerprint density at radius 2 is 2.03 bits per heavy atom. The number of hydrogen-bond acceptors (Lipinski definition) is 7. The van der Waals surface area contributed by atoms with E-state index in [0.717, 1.165) is 11.1 Å². The first-order chi connectivity index (χ1) is 15.5. The molecule has 0 unspecified atom stereocenters. The Labute approximate surface area is 183 Å². The van der Waals surface area contributed by atoms with Gasteiger partial charge < -0.3 is 9.64 Å². The van der Waals surface area contributed by atoms with E-state index < -0.39 is 0 Å². The Morgan fingerprint density at radius 1 is 1.19 bits per heavy atom. The fraction of sp³-hybridized carbons (Fsp3) is 0.130. The summed E-state index contributed by atoms with van der Waals surface area (Å²) in [6, 6.07) is 14.6. The minimum Gasteiger partial charge on any atom is -0.481 e. The van der Waals surface area contributed by atoms with Crippen LogP contribution >= 0.6 is 0 Å². The molecule has 4 aromatic rings. The fourth-order valence-corrected chi connectivity index (χ4v) is 3.41. The van der Waals surface area contributed by atoms with E-state index in [-0.39, 0.29) is 29.7 Å². The van der Waals surface area contributed by atoms with Crippen LogP contribution in [0.5, 0.6) is 5.88 Å². The fourth-order valence-electron chi connectivity index (χ4n) is 3.41. The molecule has 0 radical (unpaired) electrons. The summed E-state index contributed by atoms with van der Waals surface area (Å²) in [7, 11) is 3.14. The number of amides is 1. The molecule has 1 aromatic carbocycles. The topological polar surface area (TPSA) is 132 Å². The third-order valence-corrected chi connectivity index (χ3v) is 5.00. The molecule has 3 heterocycles. The van der Waals surface area contributed by atoms with Gasteiger partial charge in [0.05, 0.1) is 35.8 Å². The standard InChI is InChI=1S/C23H17N7O2/c1-30(13-16-11-26-20(10-25)18-12-27-29-21(16)18)23(31)19-7-6-17(22(28-19)32-2)15-5-3-4-14(8-15)9-24/h3-8,11-12H,13H2,1-2H3,(H,27,29). The lowest BCUT2D eigenvalue weighted by Crippen LogP contribution is -2.27. The van der Waals surface area contributed by atoms with Crippen molar-refractivity contribution in [3.63, 3.8) is 0 Å². The highest BCUT2D eigenvalue weighted by Crippen LogP contribution is 2.29. The molecule has 3 aromatic heterocycles. The zero-order valence-electron chi connectivity index (χ0n) is 17.3. The van der Waals surface area contributed by atoms with Crippen molar-refractivity contribution in [3.05, 3.63) is 71.3 Å². The van der Waals surface area contributed by atoms with Crippen LogP contribution in [0.25, 0.3) is 22.0 Å². The van der Waals surface area contributed by atoms with Crippen LogP contribution in [0.2, 0.25) is 0 Å². The molecule has 156 valence electrons. The monoisotopic (exact) mass is 423 g/mol. The summed E-state index contributed by atoms with van der Waals surface area (Å²) in [5.74, 6) is -0.0204. The molecular weight excluding hydrogens is 406 g/mol. The molecule has 0 aliphatic carbocycles. The third kappa shape index (κ3) is 3.71. The predicted molar refractivity (Wildman–Crippen MR) is 115 cm³/mol. The molecule has 0 saturated carbocycles. The number of nitrogens with one attached hydrogen (secondary N) is 1. The molecule has 1 amide bonds. The first-order valence-corrected chi connectivity index (χ1v) is 9.57. The number of aromatic amines is 1. The maximum atomic E-state index is 13.0. The molecule has 9 heteroatoms. The summed E-state index contributed by atoms with van der Waals surface area (Å²) in [4.78, 5) is 23.1. The van der Waals surface area contributed by atoms with Crippen molar-refractivity contribution in [1.82, 2.24) is 25.1 Å². The average Bonchev–Trinajstić information content (AvgIpc) is 3.34. The largest absolute Gasteiger partial charge is 0.481 e. The van der Waals surface area contributed by atoms with Gasteiger partial charge in [-0.25, -0.2) is 9.97 Å². The van der Waals surface area contributed by atoms with Gasteiger partial charge in [0, 0.05) is 30.9 Å². The van der Waals surface area contributed by atoms with Crippen LogP contribution in [0.1, 0.15) is 27.3 Å². The van der Waals surface area contributed by atoms with Gasteiger partial charge in [-0.05, 0) is 29.8 Å². The zero-order valence-corrected chi connectivity index (χ0v) is 17.3. The van der Waals surface area contributed by atoms with Crippen LogP contribution in [0.3, 0.4) is 0 Å². The molecule has 0 aliphatic rings. The predicted octanol–water partition coefficient (Wildman–Crippen LogP) is 3.04. The van der Waals surface area contributed by atoms with E-state index >= 15 is 0 Å². The summed E-state index contributed by atoms with van der Waals surface area (Å²) in [5.41, 5.74) is 3.84. The molecule has 0 fully saturated rings. The molecular formula is C23H17N7O2. The number of benzene rings is 1. The second-order valence-corrected chi connectivity index (χ2v) is 7.01. The van der Waals surface area contributed by atoms with Gasteiger partial charge in [-0.1, -0.05) is 12.1 Å². The number of nitrogens with zero attached hydrogens (tertiary/aromatic N) is 6. The molecule has 1 N–H and O–H groups in total. The Hall–Kier alpha value is -4.76. The molecule has 0 atom stereocenters. The lowest BCUT2D eigenvalue weighted by atomic mass is 10.0. The van der Waals surface area contributed by atoms with Crippen molar-refractivity contribution >= 4 is 16.8 Å². The van der Waals surface area contributed by atoms with E-state index in [1.807, 2.05) is 12.1 Å². The SMILES string of the molecule is COc1nc(C(=O)N(C)Cc2cnc(C#N)c3cn[nH]c23)ccc1-c1cccc(C#N)c1. The second-order valence-electron chi connectivity index (χ2n) is 7.01. The number of methoxy groups -OCH3 is 1. The number of pyridine rings is 2. The number of carbonyl (C=O) groups excluding carboxylic acids is 1. The van der Waals surface area contributed by atoms with Crippen molar-refractivity contribution in [2.75, 3.05) is 14.2 Å². The van der Waals surface area contributed by atoms with Crippen molar-refractivity contribution in [2.45, 2.75) is 6.54 Å². The van der Waals surface area contributed by atoms with Gasteiger partial charge in [-0.3, -0.25) is 9.89 Å². The van der Waals surface area contributed by atoms with Crippen LogP contribution in [-0.4, -0.2) is 45.1 Å². The minimum absolute atomic E-state index is 0.215. The van der Waals surface area contributed by atoms with E-state index in [4.69, 9.17) is 10.00 Å². The number of nitriles is 2. The molecule has 32 heavy (non-hydrogen) atoms. The van der Waals surface area contributed by atoms with Crippen LogP contribution in [0, 0.1) is 22.7 Å². The average molecular weight is 423 g/mol. The van der Waals surface area contributed by atoms with Crippen molar-refractivity contribution in [1.29, 1.82) is 10.5 Å². The summed E-state index contributed by atoms with van der Waals surface area (Å²) in [6.07, 6.45) is 3.10. The number of aromatic nitrogens is 4. The molecule has 0 aliphatic heterocycles. The smallest absolute Gasteiger partial charge is 0.272 e. The van der Waals surface area contributed by atoms with Crippen LogP contribution in [-0.2, 0) is 6.54 Å². The quantitative estimate of drug-likeness (QED) is 0.522. The Bertz CT molecular complexity index is 1410. The molecule has 0 spiro atoms. The maximum Gasteiger partial charge on any atom is 0.272 e. The Balaban J connectivity index is 1.61. The highest BCUT2D eigenvalue weighted by molar-refractivity contribution is 5.93. The van der Waals surface area contributed by atoms with Gasteiger partial charge in [0.25, 0.3) is 5.91 Å². The van der Waals surface area contributed by atoms with Gasteiger partial charge in [-0.15, -0.1) is 0 Å². The number of hydrogen-bond donors (Lipinski definition) is 1. The van der Waals surface area contributed by atoms with Gasteiger partial charge in [-0.2, -0.15) is 15.6 Å². The highest BCUT2D eigenvalue weighted by atomic mass is 16.5. The summed E-state index contributed by atoms with van der Waals surface area (Å²) in [5, 5.41) is 25.8. The first-order valence-electron chi connectivity index (χ1n) is 9.57. The van der Waals surface area contributed by atoms with Crippen LogP contribution in [0.15, 0.2) is 48.8 Å². The molecule has 4 rings (SSSR count). The summed E-state index contributed by atoms with van der Waals surface area (Å²) in [6.45, 7) is 0.242. The van der Waals surface area contributed by atoms with Gasteiger partial charge in [0.1, 0.15) is 11.8 Å². The van der Waals surface area contributed by atoms with Crippen LogP contribution < -0.4 is 4.74 Å². The lowest BCUT2D eigenvalue weighted by molar-refractivity contribution is 0.0779. The first kappa shape index (κ1) is 20.5. The summed E-state index contributed by atoms with van der Waals surface area (Å²) < 4.78 is 5.42.